The molecule has 0 aromatic heterocycles. The summed E-state index contributed by atoms with van der Waals surface area (Å²) >= 11 is 0. The van der Waals surface area contributed by atoms with E-state index in [9.17, 15) is 4.79 Å². The van der Waals surface area contributed by atoms with Crippen molar-refractivity contribution in [2.75, 3.05) is 16.4 Å². The predicted octanol–water partition coefficient (Wildman–Crippen LogP) is 2.37. The number of hydrogen-bond acceptors (Lipinski definition) is 3. The molecule has 6 N–H and O–H groups in total. The minimum absolute atomic E-state index is 0.579. The first-order valence-electron chi connectivity index (χ1n) is 5.89. The monoisotopic (exact) mass is 256 g/mol. The number of urea groups is 1. The molecule has 2 amide bonds. The lowest BCUT2D eigenvalue weighted by atomic mass is 10.2. The van der Waals surface area contributed by atoms with Crippen LogP contribution in [0.1, 0.15) is 5.56 Å². The molecule has 98 valence electrons. The minimum Gasteiger partial charge on any atom is -0.398 e. The Morgan fingerprint density at radius 3 is 2.53 bits per heavy atom. The first kappa shape index (κ1) is 12.8. The molecule has 0 saturated heterocycles. The molecule has 0 unspecified atom stereocenters. The zero-order valence-electron chi connectivity index (χ0n) is 10.4. The summed E-state index contributed by atoms with van der Waals surface area (Å²) in [6, 6.07) is 14.4. The molecule has 0 bridgehead atoms. The van der Waals surface area contributed by atoms with Gasteiger partial charge in [0.25, 0.3) is 0 Å². The number of nitrogens with one attached hydrogen (secondary N) is 2. The lowest BCUT2D eigenvalue weighted by Crippen LogP contribution is -2.19. The molecule has 0 radical (unpaired) electrons. The van der Waals surface area contributed by atoms with Gasteiger partial charge in [-0.3, -0.25) is 0 Å². The van der Waals surface area contributed by atoms with Crippen LogP contribution in [0.15, 0.2) is 48.5 Å². The Morgan fingerprint density at radius 2 is 1.79 bits per heavy atom. The van der Waals surface area contributed by atoms with Gasteiger partial charge in [-0.2, -0.15) is 0 Å². The fraction of sp³-hybridized carbons (Fsp3) is 0.0714. The first-order valence-corrected chi connectivity index (χ1v) is 5.89. The fourth-order valence-corrected chi connectivity index (χ4v) is 1.74. The number of carbonyl (C=O) groups excluding carboxylic acids is 1. The standard InChI is InChI=1S/C14H16N4O/c15-13-7-2-1-4-10(13)9-17-11-5-3-6-12(8-11)18-14(16)19/h1-8,17H,9,15H2,(H3,16,18,19). The average molecular weight is 256 g/mol. The molecule has 2 aromatic rings. The maximum Gasteiger partial charge on any atom is 0.316 e. The number of anilines is 3. The van der Waals surface area contributed by atoms with Crippen molar-refractivity contribution in [1.82, 2.24) is 0 Å². The van der Waals surface area contributed by atoms with E-state index in [1.54, 1.807) is 6.07 Å². The van der Waals surface area contributed by atoms with Crippen LogP contribution < -0.4 is 22.1 Å². The highest BCUT2D eigenvalue weighted by atomic mass is 16.2. The highest BCUT2D eigenvalue weighted by Crippen LogP contribution is 2.17. The molecule has 19 heavy (non-hydrogen) atoms. The van der Waals surface area contributed by atoms with E-state index < -0.39 is 6.03 Å². The van der Waals surface area contributed by atoms with Crippen LogP contribution in [0.3, 0.4) is 0 Å². The Hall–Kier alpha value is -2.69. The van der Waals surface area contributed by atoms with Crippen molar-refractivity contribution < 1.29 is 4.79 Å². The van der Waals surface area contributed by atoms with Gasteiger partial charge in [-0.05, 0) is 29.8 Å². The van der Waals surface area contributed by atoms with Gasteiger partial charge in [-0.1, -0.05) is 24.3 Å². The molecule has 0 spiro atoms. The van der Waals surface area contributed by atoms with Crippen molar-refractivity contribution in [3.05, 3.63) is 54.1 Å². The Morgan fingerprint density at radius 1 is 1.05 bits per heavy atom. The van der Waals surface area contributed by atoms with Crippen molar-refractivity contribution in [3.63, 3.8) is 0 Å². The van der Waals surface area contributed by atoms with Gasteiger partial charge in [0.1, 0.15) is 0 Å². The van der Waals surface area contributed by atoms with E-state index in [0.29, 0.717) is 12.2 Å². The van der Waals surface area contributed by atoms with Crippen molar-refractivity contribution in [2.24, 2.45) is 5.73 Å². The molecule has 0 saturated carbocycles. The van der Waals surface area contributed by atoms with Crippen molar-refractivity contribution in [1.29, 1.82) is 0 Å². The highest BCUT2D eigenvalue weighted by Gasteiger charge is 2.00. The number of rotatable bonds is 4. The summed E-state index contributed by atoms with van der Waals surface area (Å²) in [5.41, 5.74) is 14.2. The number of carbonyl (C=O) groups is 1. The molecule has 0 aliphatic carbocycles. The molecule has 5 heteroatoms. The average Bonchev–Trinajstić information content (AvgIpc) is 2.37. The maximum atomic E-state index is 10.8. The molecule has 0 atom stereocenters. The van der Waals surface area contributed by atoms with Crippen LogP contribution in [0.2, 0.25) is 0 Å². The van der Waals surface area contributed by atoms with Crippen molar-refractivity contribution in [3.8, 4) is 0 Å². The molecule has 5 nitrogen and oxygen atoms in total. The van der Waals surface area contributed by atoms with Gasteiger partial charge in [-0.15, -0.1) is 0 Å². The van der Waals surface area contributed by atoms with Gasteiger partial charge >= 0.3 is 6.03 Å². The fourth-order valence-electron chi connectivity index (χ4n) is 1.74. The van der Waals surface area contributed by atoms with E-state index in [2.05, 4.69) is 10.6 Å². The zero-order valence-corrected chi connectivity index (χ0v) is 10.4. The second-order valence-corrected chi connectivity index (χ2v) is 4.12. The largest absolute Gasteiger partial charge is 0.398 e. The van der Waals surface area contributed by atoms with Crippen LogP contribution >= 0.6 is 0 Å². The molecule has 2 rings (SSSR count). The number of primary amides is 1. The topological polar surface area (TPSA) is 93.2 Å². The van der Waals surface area contributed by atoms with Gasteiger partial charge in [-0.25, -0.2) is 4.79 Å². The van der Waals surface area contributed by atoms with Crippen LogP contribution in [0.25, 0.3) is 0 Å². The molecule has 0 fully saturated rings. The van der Waals surface area contributed by atoms with E-state index in [1.165, 1.54) is 0 Å². The minimum atomic E-state index is -0.579. The lowest BCUT2D eigenvalue weighted by molar-refractivity contribution is 0.259. The third-order valence-corrected chi connectivity index (χ3v) is 2.67. The summed E-state index contributed by atoms with van der Waals surface area (Å²) in [5.74, 6) is 0. The second-order valence-electron chi connectivity index (χ2n) is 4.12. The lowest BCUT2D eigenvalue weighted by Gasteiger charge is -2.10. The summed E-state index contributed by atoms with van der Waals surface area (Å²) in [7, 11) is 0. The quantitative estimate of drug-likeness (QED) is 0.633. The van der Waals surface area contributed by atoms with Crippen molar-refractivity contribution in [2.45, 2.75) is 6.54 Å². The zero-order chi connectivity index (χ0) is 13.7. The molecular weight excluding hydrogens is 240 g/mol. The van der Waals surface area contributed by atoms with Gasteiger partial charge in [0, 0.05) is 23.6 Å². The predicted molar refractivity (Wildman–Crippen MR) is 77.8 cm³/mol. The number of benzene rings is 2. The summed E-state index contributed by atoms with van der Waals surface area (Å²) < 4.78 is 0. The van der Waals surface area contributed by atoms with E-state index in [0.717, 1.165) is 16.9 Å². The van der Waals surface area contributed by atoms with Crippen LogP contribution in [0.5, 0.6) is 0 Å². The highest BCUT2D eigenvalue weighted by molar-refractivity contribution is 5.88. The summed E-state index contributed by atoms with van der Waals surface area (Å²) in [4.78, 5) is 10.8. The Kier molecular flexibility index (Phi) is 3.87. The van der Waals surface area contributed by atoms with Gasteiger partial charge < -0.3 is 22.1 Å². The number of para-hydroxylation sites is 1. The molecule has 2 aromatic carbocycles. The van der Waals surface area contributed by atoms with Crippen LogP contribution in [-0.4, -0.2) is 6.03 Å². The van der Waals surface area contributed by atoms with Crippen LogP contribution in [0.4, 0.5) is 21.9 Å². The Bertz CT molecular complexity index is 583. The summed E-state index contributed by atoms with van der Waals surface area (Å²) in [5, 5.41) is 5.77. The third-order valence-electron chi connectivity index (χ3n) is 2.67. The van der Waals surface area contributed by atoms with Gasteiger partial charge in [0.2, 0.25) is 0 Å². The SMILES string of the molecule is NC(=O)Nc1cccc(NCc2ccccc2N)c1. The van der Waals surface area contributed by atoms with E-state index in [4.69, 9.17) is 11.5 Å². The molecule has 0 aliphatic heterocycles. The van der Waals surface area contributed by atoms with Crippen molar-refractivity contribution >= 4 is 23.1 Å². The third kappa shape index (κ3) is 3.64. The number of hydrogen-bond donors (Lipinski definition) is 4. The smallest absolute Gasteiger partial charge is 0.316 e. The Balaban J connectivity index is 2.03. The number of nitrogens with two attached hydrogens (primary N) is 2. The Labute approximate surface area is 111 Å². The summed E-state index contributed by atoms with van der Waals surface area (Å²) in [6.45, 7) is 0.618. The number of amides is 2. The maximum absolute atomic E-state index is 10.8. The van der Waals surface area contributed by atoms with E-state index >= 15 is 0 Å². The first-order chi connectivity index (χ1) is 9.15. The van der Waals surface area contributed by atoms with Gasteiger partial charge in [0.05, 0.1) is 0 Å². The van der Waals surface area contributed by atoms with Crippen LogP contribution in [-0.2, 0) is 6.54 Å². The second kappa shape index (κ2) is 5.77. The van der Waals surface area contributed by atoms with E-state index in [1.807, 2.05) is 42.5 Å². The van der Waals surface area contributed by atoms with E-state index in [-0.39, 0.29) is 0 Å². The molecular formula is C14H16N4O. The molecule has 0 aliphatic rings. The summed E-state index contributed by atoms with van der Waals surface area (Å²) in [6.07, 6.45) is 0. The van der Waals surface area contributed by atoms with Crippen LogP contribution in [0, 0.1) is 0 Å². The number of nitrogen functional groups attached to an aromatic ring is 1. The molecule has 0 heterocycles. The van der Waals surface area contributed by atoms with Gasteiger partial charge in [0.15, 0.2) is 0 Å². The normalized spacial score (nSPS) is 9.89.